The molecule has 26 heavy (non-hydrogen) atoms. The number of hydrogen-bond donors (Lipinski definition) is 1. The number of carbonyl (C=O) groups is 1. The van der Waals surface area contributed by atoms with Crippen molar-refractivity contribution in [2.45, 2.75) is 31.6 Å². The molecule has 0 aliphatic carbocycles. The Labute approximate surface area is 155 Å². The molecule has 1 aliphatic rings. The molecule has 0 saturated carbocycles. The minimum atomic E-state index is -3.56. The third-order valence-corrected chi connectivity index (χ3v) is 6.11. The van der Waals surface area contributed by atoms with E-state index in [0.29, 0.717) is 19.5 Å². The number of sulfonamides is 1. The number of anilines is 1. The van der Waals surface area contributed by atoms with Crippen LogP contribution in [0.25, 0.3) is 0 Å². The fraction of sp³-hybridized carbons (Fsp3) is 0.350. The van der Waals surface area contributed by atoms with Crippen molar-refractivity contribution in [3.05, 3.63) is 59.7 Å². The van der Waals surface area contributed by atoms with Crippen LogP contribution in [-0.2, 0) is 27.7 Å². The molecule has 2 aromatic rings. The summed E-state index contributed by atoms with van der Waals surface area (Å²) in [5.41, 5.74) is 2.91. The molecule has 5 nitrogen and oxygen atoms in total. The van der Waals surface area contributed by atoms with E-state index in [1.54, 1.807) is 23.1 Å². The van der Waals surface area contributed by atoms with E-state index in [9.17, 15) is 13.2 Å². The highest BCUT2D eigenvalue weighted by atomic mass is 32.2. The maximum atomic E-state index is 12.6. The quantitative estimate of drug-likeness (QED) is 0.848. The van der Waals surface area contributed by atoms with Crippen molar-refractivity contribution in [1.82, 2.24) is 4.72 Å². The van der Waals surface area contributed by atoms with Crippen molar-refractivity contribution in [3.63, 3.8) is 0 Å². The summed E-state index contributed by atoms with van der Waals surface area (Å²) in [7, 11) is -3.56. The van der Waals surface area contributed by atoms with Gasteiger partial charge in [0.1, 0.15) is 0 Å². The normalized spacial score (nSPS) is 14.9. The number of fused-ring (bicyclic) bond motifs is 1. The Bertz CT molecular complexity index is 895. The predicted molar refractivity (Wildman–Crippen MR) is 103 cm³/mol. The second kappa shape index (κ2) is 7.60. The van der Waals surface area contributed by atoms with Gasteiger partial charge in [0.2, 0.25) is 15.9 Å². The van der Waals surface area contributed by atoms with Gasteiger partial charge < -0.3 is 4.90 Å². The predicted octanol–water partition coefficient (Wildman–Crippen LogP) is 2.75. The van der Waals surface area contributed by atoms with Crippen molar-refractivity contribution in [1.29, 1.82) is 0 Å². The number of amides is 1. The van der Waals surface area contributed by atoms with Gasteiger partial charge in [0, 0.05) is 25.7 Å². The molecule has 138 valence electrons. The molecule has 0 bridgehead atoms. The largest absolute Gasteiger partial charge is 0.312 e. The molecule has 0 radical (unpaired) electrons. The Morgan fingerprint density at radius 1 is 1.19 bits per heavy atom. The Balaban J connectivity index is 1.66. The van der Waals surface area contributed by atoms with Crippen LogP contribution in [0.1, 0.15) is 25.0 Å². The number of nitrogens with zero attached hydrogens (tertiary/aromatic N) is 1. The number of nitrogens with one attached hydrogen (secondary N) is 1. The summed E-state index contributed by atoms with van der Waals surface area (Å²) in [6, 6.07) is 15.0. The number of benzene rings is 2. The summed E-state index contributed by atoms with van der Waals surface area (Å²) in [4.78, 5) is 13.6. The first-order valence-corrected chi connectivity index (χ1v) is 10.3. The van der Waals surface area contributed by atoms with E-state index in [0.717, 1.165) is 17.7 Å². The van der Waals surface area contributed by atoms with E-state index in [2.05, 4.69) is 4.72 Å². The summed E-state index contributed by atoms with van der Waals surface area (Å²) in [5, 5.41) is 0. The molecule has 1 atom stereocenters. The van der Waals surface area contributed by atoms with Gasteiger partial charge >= 0.3 is 0 Å². The van der Waals surface area contributed by atoms with Crippen LogP contribution in [0.15, 0.2) is 53.4 Å². The molecule has 2 aromatic carbocycles. The second-order valence-electron chi connectivity index (χ2n) is 6.86. The van der Waals surface area contributed by atoms with Crippen molar-refractivity contribution in [2.24, 2.45) is 5.92 Å². The van der Waals surface area contributed by atoms with E-state index in [1.165, 1.54) is 12.5 Å². The molecule has 1 unspecified atom stereocenters. The van der Waals surface area contributed by atoms with Gasteiger partial charge in [0.15, 0.2) is 0 Å². The maximum absolute atomic E-state index is 12.6. The molecular weight excluding hydrogens is 348 g/mol. The fourth-order valence-corrected chi connectivity index (χ4v) is 4.51. The Morgan fingerprint density at radius 3 is 2.62 bits per heavy atom. The zero-order valence-electron chi connectivity index (χ0n) is 15.1. The lowest BCUT2D eigenvalue weighted by Gasteiger charge is -2.16. The van der Waals surface area contributed by atoms with Gasteiger partial charge in [-0.05, 0) is 48.1 Å². The summed E-state index contributed by atoms with van der Waals surface area (Å²) in [5.74, 6) is 0.169. The van der Waals surface area contributed by atoms with Crippen molar-refractivity contribution in [2.75, 3.05) is 18.0 Å². The Kier molecular flexibility index (Phi) is 5.44. The average Bonchev–Trinajstić information content (AvgIpc) is 3.04. The van der Waals surface area contributed by atoms with Crippen molar-refractivity contribution < 1.29 is 13.2 Å². The first-order chi connectivity index (χ1) is 12.4. The third-order valence-electron chi connectivity index (χ3n) is 4.69. The fourth-order valence-electron chi connectivity index (χ4n) is 3.30. The molecule has 0 saturated heterocycles. The van der Waals surface area contributed by atoms with Crippen LogP contribution in [0.4, 0.5) is 5.69 Å². The molecule has 3 rings (SSSR count). The number of rotatable bonds is 6. The van der Waals surface area contributed by atoms with Crippen LogP contribution in [0.2, 0.25) is 0 Å². The van der Waals surface area contributed by atoms with Crippen LogP contribution >= 0.6 is 0 Å². The monoisotopic (exact) mass is 372 g/mol. The van der Waals surface area contributed by atoms with E-state index in [4.69, 9.17) is 0 Å². The van der Waals surface area contributed by atoms with Gasteiger partial charge in [-0.1, -0.05) is 37.3 Å². The van der Waals surface area contributed by atoms with Crippen LogP contribution < -0.4 is 9.62 Å². The Morgan fingerprint density at radius 2 is 1.92 bits per heavy atom. The van der Waals surface area contributed by atoms with Crippen LogP contribution in [0.3, 0.4) is 0 Å². The average molecular weight is 372 g/mol. The zero-order chi connectivity index (χ0) is 18.7. The molecule has 1 amide bonds. The SMILES string of the molecule is CC(=O)N1CCc2cc(S(=O)(=O)NCC(C)Cc3ccccc3)ccc21. The van der Waals surface area contributed by atoms with Gasteiger partial charge in [-0.2, -0.15) is 0 Å². The van der Waals surface area contributed by atoms with Gasteiger partial charge in [-0.3, -0.25) is 4.79 Å². The van der Waals surface area contributed by atoms with Crippen molar-refractivity contribution >= 4 is 21.6 Å². The molecule has 1 aliphatic heterocycles. The highest BCUT2D eigenvalue weighted by Gasteiger charge is 2.24. The molecule has 1 N–H and O–H groups in total. The van der Waals surface area contributed by atoms with Gasteiger partial charge in [0.25, 0.3) is 0 Å². The lowest BCUT2D eigenvalue weighted by Crippen LogP contribution is -2.29. The highest BCUT2D eigenvalue weighted by molar-refractivity contribution is 7.89. The van der Waals surface area contributed by atoms with Crippen LogP contribution in [0, 0.1) is 5.92 Å². The second-order valence-corrected chi connectivity index (χ2v) is 8.62. The number of hydrogen-bond acceptors (Lipinski definition) is 3. The van der Waals surface area contributed by atoms with E-state index in [1.807, 2.05) is 37.3 Å². The lowest BCUT2D eigenvalue weighted by atomic mass is 10.0. The molecule has 0 aromatic heterocycles. The van der Waals surface area contributed by atoms with Crippen LogP contribution in [0.5, 0.6) is 0 Å². The molecule has 0 fully saturated rings. The molecule has 0 spiro atoms. The van der Waals surface area contributed by atoms with E-state index < -0.39 is 10.0 Å². The van der Waals surface area contributed by atoms with E-state index >= 15 is 0 Å². The molecule has 1 heterocycles. The first-order valence-electron chi connectivity index (χ1n) is 8.81. The van der Waals surface area contributed by atoms with E-state index in [-0.39, 0.29) is 16.7 Å². The first kappa shape index (κ1) is 18.6. The van der Waals surface area contributed by atoms with Crippen molar-refractivity contribution in [3.8, 4) is 0 Å². The Hall–Kier alpha value is -2.18. The number of carbonyl (C=O) groups excluding carboxylic acids is 1. The van der Waals surface area contributed by atoms with Gasteiger partial charge in [-0.25, -0.2) is 13.1 Å². The third kappa shape index (κ3) is 4.14. The topological polar surface area (TPSA) is 66.5 Å². The molecule has 6 heteroatoms. The van der Waals surface area contributed by atoms with Gasteiger partial charge in [0.05, 0.1) is 4.90 Å². The summed E-state index contributed by atoms with van der Waals surface area (Å²) in [6.45, 7) is 4.54. The zero-order valence-corrected chi connectivity index (χ0v) is 15.9. The summed E-state index contributed by atoms with van der Waals surface area (Å²) < 4.78 is 27.9. The maximum Gasteiger partial charge on any atom is 0.240 e. The highest BCUT2D eigenvalue weighted by Crippen LogP contribution is 2.30. The standard InChI is InChI=1S/C20H24N2O3S/c1-15(12-17-6-4-3-5-7-17)14-21-26(24,25)19-8-9-20-18(13-19)10-11-22(20)16(2)23/h3-9,13,15,21H,10-12,14H2,1-2H3. The minimum absolute atomic E-state index is 0.0211. The van der Waals surface area contributed by atoms with Crippen LogP contribution in [-0.4, -0.2) is 27.4 Å². The van der Waals surface area contributed by atoms with Gasteiger partial charge in [-0.15, -0.1) is 0 Å². The minimum Gasteiger partial charge on any atom is -0.312 e. The summed E-state index contributed by atoms with van der Waals surface area (Å²) in [6.07, 6.45) is 1.50. The lowest BCUT2D eigenvalue weighted by molar-refractivity contribution is -0.116. The molecular formula is C20H24N2O3S. The summed E-state index contributed by atoms with van der Waals surface area (Å²) >= 11 is 0. The smallest absolute Gasteiger partial charge is 0.240 e.